The molecule has 14 atom stereocenters. The van der Waals surface area contributed by atoms with Gasteiger partial charge in [0.25, 0.3) is 11.7 Å². The first-order valence-corrected chi connectivity index (χ1v) is 28.2. The lowest BCUT2D eigenvalue weighted by atomic mass is 9.81. The first-order chi connectivity index (χ1) is 32.0. The summed E-state index contributed by atoms with van der Waals surface area (Å²) in [6.07, 6.45) is 9.66. The predicted octanol–water partition coefficient (Wildman–Crippen LogP) is 8.28. The fourth-order valence-corrected chi connectivity index (χ4v) is 12.0. The molecule has 1 saturated carbocycles. The molecule has 3 fully saturated rings. The number of carbonyl (C=O) groups excluding carboxylic acids is 5. The van der Waals surface area contributed by atoms with Crippen LogP contribution in [0.25, 0.3) is 0 Å². The summed E-state index contributed by atoms with van der Waals surface area (Å²) in [5, 5.41) is 12.0. The number of ether oxygens (including phenoxy) is 6. The maximum Gasteiger partial charge on any atom is 0.329 e. The van der Waals surface area contributed by atoms with E-state index in [2.05, 4.69) is 52.9 Å². The molecule has 386 valence electrons. The van der Waals surface area contributed by atoms with Gasteiger partial charge < -0.3 is 42.9 Å². The zero-order chi connectivity index (χ0) is 50.7. The lowest BCUT2D eigenvalue weighted by molar-refractivity contribution is -0.302. The number of piperidine rings is 1. The van der Waals surface area contributed by atoms with E-state index >= 15 is 0 Å². The summed E-state index contributed by atoms with van der Waals surface area (Å²) in [7, 11) is 2.22. The fraction of sp³-hybridized carbons (Fsp3) is 0.792. The Morgan fingerprint density at radius 2 is 1.57 bits per heavy atom. The number of fused-ring (bicyclic) bond motifs is 3. The van der Waals surface area contributed by atoms with Crippen molar-refractivity contribution in [2.24, 2.45) is 29.6 Å². The van der Waals surface area contributed by atoms with E-state index in [-0.39, 0.29) is 66.6 Å². The molecule has 68 heavy (non-hydrogen) atoms. The summed E-state index contributed by atoms with van der Waals surface area (Å²) in [4.78, 5) is 70.8. The van der Waals surface area contributed by atoms with Gasteiger partial charge >= 0.3 is 5.97 Å². The molecule has 1 aliphatic carbocycles. The number of amides is 1. The van der Waals surface area contributed by atoms with Gasteiger partial charge in [0.1, 0.15) is 30.3 Å². The minimum atomic E-state index is -2.55. The van der Waals surface area contributed by atoms with E-state index in [9.17, 15) is 29.1 Å². The van der Waals surface area contributed by atoms with Crippen LogP contribution in [0.15, 0.2) is 35.5 Å². The molecule has 14 unspecified atom stereocenters. The van der Waals surface area contributed by atoms with Crippen LogP contribution >= 0.6 is 0 Å². The van der Waals surface area contributed by atoms with Crippen LogP contribution in [0.3, 0.4) is 0 Å². The average Bonchev–Trinajstić information content (AvgIpc) is 3.29. The largest absolute Gasteiger partial charge is 0.456 e. The number of Topliss-reactive ketones (excluding diaryl/α,β-unsaturated/α-hetero) is 2. The monoisotopic (exact) mass is 974 g/mol. The molecule has 15 heteroatoms. The Bertz CT molecular complexity index is 1810. The highest BCUT2D eigenvalue weighted by atomic mass is 28.4. The molecule has 0 aromatic heterocycles. The van der Waals surface area contributed by atoms with Crippen LogP contribution in [0.4, 0.5) is 0 Å². The highest BCUT2D eigenvalue weighted by Crippen LogP contribution is 2.42. The van der Waals surface area contributed by atoms with Crippen molar-refractivity contribution in [2.75, 3.05) is 34.5 Å². The Hall–Kier alpha value is -2.89. The van der Waals surface area contributed by atoms with Gasteiger partial charge in [0.15, 0.2) is 8.32 Å². The zero-order valence-electron chi connectivity index (χ0n) is 43.9. The number of aliphatic hydroxyl groups is 1. The molecule has 3 aliphatic heterocycles. The van der Waals surface area contributed by atoms with E-state index in [1.165, 1.54) is 11.0 Å². The van der Waals surface area contributed by atoms with Crippen LogP contribution in [0.5, 0.6) is 0 Å². The average molecular weight is 974 g/mol. The molecule has 4 rings (SSSR count). The molecule has 0 aromatic rings. The van der Waals surface area contributed by atoms with Crippen LogP contribution in [0.1, 0.15) is 133 Å². The maximum absolute atomic E-state index is 14.9. The molecular formula is C53H87NO13Si. The predicted molar refractivity (Wildman–Crippen MR) is 263 cm³/mol. The first kappa shape index (κ1) is 57.7. The standard InChI is InChI=1S/C53H87NO13Si/c1-15-39-27-33(2)26-34(3)28-45(62-11)48-46(63-12)30-36(5)53(60,66-48)49(57)50(58)54-23-17-16-20-40(54)51(59)65-47(37(6)43(32-41(39)56)67-68(13,14)52(7,8)9)35(4)29-38-21-22-42(44(31-38)61-10)64-25-19-18-24-55/h18-19,24,27,29,34,36-40,42-48,60H,15-17,20-23,25-26,28,30-32H2,1-14H3. The Kier molecular flexibility index (Phi) is 21.6. The number of rotatable bonds is 12. The van der Waals surface area contributed by atoms with Crippen LogP contribution in [0.2, 0.25) is 18.1 Å². The van der Waals surface area contributed by atoms with E-state index < -0.39 is 80.2 Å². The summed E-state index contributed by atoms with van der Waals surface area (Å²) in [6, 6.07) is -1.12. The fourth-order valence-electron chi connectivity index (χ4n) is 10.5. The van der Waals surface area contributed by atoms with Crippen LogP contribution < -0.4 is 0 Å². The molecule has 0 aromatic carbocycles. The second-order valence-electron chi connectivity index (χ2n) is 21.9. The van der Waals surface area contributed by atoms with Crippen molar-refractivity contribution >= 4 is 38.0 Å². The topological polar surface area (TPSA) is 173 Å². The van der Waals surface area contributed by atoms with Crippen molar-refractivity contribution in [3.05, 3.63) is 35.5 Å². The Labute approximate surface area is 408 Å². The first-order valence-electron chi connectivity index (χ1n) is 25.3. The van der Waals surface area contributed by atoms with Gasteiger partial charge in [0, 0.05) is 52.0 Å². The smallest absolute Gasteiger partial charge is 0.329 e. The zero-order valence-corrected chi connectivity index (χ0v) is 44.9. The summed E-state index contributed by atoms with van der Waals surface area (Å²) in [5.74, 6) is -6.94. The van der Waals surface area contributed by atoms with E-state index in [0.29, 0.717) is 51.6 Å². The molecular weight excluding hydrogens is 887 g/mol. The van der Waals surface area contributed by atoms with Crippen LogP contribution in [-0.4, -0.2) is 137 Å². The third-order valence-electron chi connectivity index (χ3n) is 15.7. The Morgan fingerprint density at radius 3 is 2.19 bits per heavy atom. The quantitative estimate of drug-likeness (QED) is 0.0495. The third kappa shape index (κ3) is 14.4. The Balaban J connectivity index is 1.86. The van der Waals surface area contributed by atoms with Crippen molar-refractivity contribution in [1.82, 2.24) is 4.90 Å². The number of aldehydes is 1. The number of methoxy groups -OCH3 is 3. The highest BCUT2D eigenvalue weighted by molar-refractivity contribution is 6.74. The highest BCUT2D eigenvalue weighted by Gasteiger charge is 2.57. The number of ketones is 2. The lowest BCUT2D eigenvalue weighted by Crippen LogP contribution is -2.64. The summed E-state index contributed by atoms with van der Waals surface area (Å²) in [6.45, 7) is 22.9. The molecule has 0 spiro atoms. The summed E-state index contributed by atoms with van der Waals surface area (Å²) < 4.78 is 44.1. The van der Waals surface area contributed by atoms with Gasteiger partial charge in [-0.05, 0) is 120 Å². The third-order valence-corrected chi connectivity index (χ3v) is 20.2. The van der Waals surface area contributed by atoms with E-state index in [0.717, 1.165) is 23.9 Å². The molecule has 4 aliphatic rings. The molecule has 2 saturated heterocycles. The van der Waals surface area contributed by atoms with Crippen molar-refractivity contribution in [3.8, 4) is 0 Å². The second-order valence-corrected chi connectivity index (χ2v) is 26.6. The minimum absolute atomic E-state index is 0.0329. The van der Waals surface area contributed by atoms with Gasteiger partial charge in [0.2, 0.25) is 5.79 Å². The number of hydrogen-bond donors (Lipinski definition) is 1. The summed E-state index contributed by atoms with van der Waals surface area (Å²) >= 11 is 0. The van der Waals surface area contributed by atoms with Gasteiger partial charge in [-0.2, -0.15) is 0 Å². The van der Waals surface area contributed by atoms with Gasteiger partial charge in [-0.25, -0.2) is 4.79 Å². The number of hydrogen-bond acceptors (Lipinski definition) is 13. The molecule has 2 bridgehead atoms. The van der Waals surface area contributed by atoms with E-state index in [4.69, 9.17) is 32.8 Å². The maximum atomic E-state index is 14.9. The molecule has 1 amide bonds. The molecule has 3 heterocycles. The number of allylic oxidation sites excluding steroid dienone is 4. The van der Waals surface area contributed by atoms with Crippen molar-refractivity contribution in [2.45, 2.75) is 206 Å². The molecule has 14 nitrogen and oxygen atoms in total. The van der Waals surface area contributed by atoms with E-state index in [1.54, 1.807) is 34.3 Å². The van der Waals surface area contributed by atoms with Gasteiger partial charge in [0.05, 0.1) is 37.1 Å². The number of cyclic esters (lactones) is 1. The van der Waals surface area contributed by atoms with Crippen LogP contribution in [0, 0.1) is 29.6 Å². The second kappa shape index (κ2) is 25.5. The normalized spacial score (nSPS) is 36.2. The summed E-state index contributed by atoms with van der Waals surface area (Å²) in [5.41, 5.74) is 1.82. The Morgan fingerprint density at radius 1 is 0.912 bits per heavy atom. The van der Waals surface area contributed by atoms with Crippen molar-refractivity contribution in [1.29, 1.82) is 0 Å². The van der Waals surface area contributed by atoms with Crippen molar-refractivity contribution in [3.63, 3.8) is 0 Å². The van der Waals surface area contributed by atoms with Gasteiger partial charge in [-0.1, -0.05) is 72.3 Å². The van der Waals surface area contributed by atoms with E-state index in [1.807, 2.05) is 27.7 Å². The number of esters is 1. The molecule has 0 radical (unpaired) electrons. The number of carbonyl (C=O) groups is 5. The van der Waals surface area contributed by atoms with Crippen LogP contribution in [-0.2, 0) is 56.8 Å². The van der Waals surface area contributed by atoms with Gasteiger partial charge in [-0.3, -0.25) is 19.2 Å². The minimum Gasteiger partial charge on any atom is -0.456 e. The SMILES string of the molecule is CCC1C=C(C)CC(C)CC(OC)C2OC(O)(C(=O)C(=O)N3CCCCC3C(=O)OC(C(C)=CC3CCC(OCC=CC=O)C(OC)C3)C(C)C(O[Si](C)(C)C(C)(C)C)CC1=O)C(C)CC2OC. The lowest BCUT2D eigenvalue weighted by Gasteiger charge is -2.47. The number of nitrogens with zero attached hydrogens (tertiary/aromatic N) is 1. The van der Waals surface area contributed by atoms with Crippen molar-refractivity contribution < 1.29 is 61.9 Å². The molecule has 1 N–H and O–H groups in total. The van der Waals surface area contributed by atoms with Gasteiger partial charge in [-0.15, -0.1) is 0 Å².